The van der Waals surface area contributed by atoms with E-state index in [9.17, 15) is 9.59 Å². The number of para-hydroxylation sites is 2. The van der Waals surface area contributed by atoms with E-state index in [2.05, 4.69) is 52.8 Å². The van der Waals surface area contributed by atoms with Gasteiger partial charge in [0.1, 0.15) is 13.2 Å². The molecule has 73 heavy (non-hydrogen) atoms. The van der Waals surface area contributed by atoms with Crippen LogP contribution in [0, 0.1) is 0 Å². The lowest BCUT2D eigenvalue weighted by atomic mass is 10.1. The normalized spacial score (nSPS) is 15.7. The Balaban J connectivity index is 0.00000151. The first-order chi connectivity index (χ1) is 35.7. The number of carbonyl (C=O) groups is 3. The molecule has 0 fully saturated rings. The molecular formula is C57H70N6O10. The minimum atomic E-state index is -0.175. The van der Waals surface area contributed by atoms with Gasteiger partial charge in [0.2, 0.25) is 6.41 Å². The first-order valence-corrected chi connectivity index (χ1v) is 25.2. The van der Waals surface area contributed by atoms with Crippen LogP contribution in [-0.4, -0.2) is 118 Å². The number of methoxy groups -OCH3 is 3. The lowest BCUT2D eigenvalue weighted by molar-refractivity contribution is -0.106. The van der Waals surface area contributed by atoms with Crippen LogP contribution < -0.4 is 44.3 Å². The molecule has 2 N–H and O–H groups in total. The summed E-state index contributed by atoms with van der Waals surface area (Å²) in [6, 6.07) is 29.6. The summed E-state index contributed by atoms with van der Waals surface area (Å²) in [5, 5.41) is 0. The molecule has 5 aromatic rings. The Kier molecular flexibility index (Phi) is 19.1. The summed E-state index contributed by atoms with van der Waals surface area (Å²) in [5.74, 6) is 1.75. The van der Waals surface area contributed by atoms with Crippen molar-refractivity contribution in [2.75, 3.05) is 101 Å². The van der Waals surface area contributed by atoms with Crippen molar-refractivity contribution in [3.63, 3.8) is 0 Å². The lowest BCUT2D eigenvalue weighted by Gasteiger charge is -2.26. The molecule has 0 saturated heterocycles. The van der Waals surface area contributed by atoms with Crippen LogP contribution >= 0.6 is 0 Å². The Hall–Kier alpha value is -7.14. The zero-order valence-corrected chi connectivity index (χ0v) is 43.3. The molecule has 388 valence electrons. The minimum Gasteiger partial charge on any atom is -0.493 e. The Morgan fingerprint density at radius 2 is 1.26 bits per heavy atom. The Bertz CT molecular complexity index is 2710. The quantitative estimate of drug-likeness (QED) is 0.0550. The molecule has 0 saturated carbocycles. The third kappa shape index (κ3) is 12.4. The van der Waals surface area contributed by atoms with Crippen LogP contribution in [0.5, 0.6) is 23.0 Å². The summed E-state index contributed by atoms with van der Waals surface area (Å²) in [7, 11) is 6.86. The predicted molar refractivity (Wildman–Crippen MR) is 286 cm³/mol. The number of anilines is 4. The van der Waals surface area contributed by atoms with Crippen molar-refractivity contribution >= 4 is 52.9 Å². The topological polar surface area (TPSA) is 167 Å². The van der Waals surface area contributed by atoms with Crippen LogP contribution in [0.3, 0.4) is 0 Å². The van der Waals surface area contributed by atoms with E-state index >= 15 is 0 Å². The smallest absolute Gasteiger partial charge is 0.261 e. The van der Waals surface area contributed by atoms with Crippen molar-refractivity contribution in [1.82, 2.24) is 0 Å². The Morgan fingerprint density at radius 3 is 1.90 bits per heavy atom. The van der Waals surface area contributed by atoms with Gasteiger partial charge in [-0.15, -0.1) is 0 Å². The zero-order chi connectivity index (χ0) is 51.9. The third-order valence-electron chi connectivity index (χ3n) is 13.1. The van der Waals surface area contributed by atoms with Gasteiger partial charge in [-0.25, -0.2) is 0 Å². The highest BCUT2D eigenvalue weighted by atomic mass is 16.5. The van der Waals surface area contributed by atoms with Crippen LogP contribution in [0.2, 0.25) is 0 Å². The number of likely N-dealkylation sites (N-methyl/N-ethyl adjacent to an activating group) is 1. The van der Waals surface area contributed by atoms with Gasteiger partial charge in [0.25, 0.3) is 11.8 Å². The molecule has 16 heteroatoms. The number of fused-ring (bicyclic) bond motifs is 8. The second-order valence-electron chi connectivity index (χ2n) is 17.7. The molecule has 1 unspecified atom stereocenters. The first kappa shape index (κ1) is 53.7. The van der Waals surface area contributed by atoms with Crippen LogP contribution in [0.4, 0.5) is 28.4 Å². The molecule has 0 aromatic heterocycles. The largest absolute Gasteiger partial charge is 0.493 e. The van der Waals surface area contributed by atoms with Crippen LogP contribution in [0.15, 0.2) is 96.0 Å². The van der Waals surface area contributed by atoms with Crippen LogP contribution in [-0.2, 0) is 45.1 Å². The van der Waals surface area contributed by atoms with E-state index in [-0.39, 0.29) is 43.5 Å². The summed E-state index contributed by atoms with van der Waals surface area (Å²) in [6.45, 7) is 11.3. The number of hydrogen-bond donors (Lipinski definition) is 1. The average Bonchev–Trinajstić information content (AvgIpc) is 3.91. The second-order valence-corrected chi connectivity index (χ2v) is 17.7. The van der Waals surface area contributed by atoms with E-state index in [1.807, 2.05) is 85.4 Å². The number of unbranched alkanes of at least 4 members (excludes halogenated alkanes) is 1. The summed E-state index contributed by atoms with van der Waals surface area (Å²) in [5.41, 5.74) is 13.5. The van der Waals surface area contributed by atoms with Gasteiger partial charge in [-0.1, -0.05) is 63.6 Å². The molecule has 0 aliphatic carbocycles. The van der Waals surface area contributed by atoms with Crippen molar-refractivity contribution < 1.29 is 47.5 Å². The highest BCUT2D eigenvalue weighted by molar-refractivity contribution is 6.15. The van der Waals surface area contributed by atoms with E-state index in [1.165, 1.54) is 5.56 Å². The van der Waals surface area contributed by atoms with Crippen LogP contribution in [0.1, 0.15) is 76.6 Å². The molecule has 4 heterocycles. The van der Waals surface area contributed by atoms with Crippen molar-refractivity contribution in [2.45, 2.75) is 71.8 Å². The highest BCUT2D eigenvalue weighted by Gasteiger charge is 2.40. The van der Waals surface area contributed by atoms with Gasteiger partial charge in [0, 0.05) is 75.6 Å². The molecule has 9 rings (SSSR count). The number of nitrogens with zero attached hydrogens (tertiary/aromatic N) is 5. The first-order valence-electron chi connectivity index (χ1n) is 25.2. The van der Waals surface area contributed by atoms with Gasteiger partial charge in [0.15, 0.2) is 23.0 Å². The summed E-state index contributed by atoms with van der Waals surface area (Å²) < 4.78 is 41.7. The fourth-order valence-corrected chi connectivity index (χ4v) is 9.70. The molecule has 4 aliphatic rings. The van der Waals surface area contributed by atoms with Crippen molar-refractivity contribution in [3.8, 4) is 23.0 Å². The third-order valence-corrected chi connectivity index (χ3v) is 13.1. The maximum atomic E-state index is 14.3. The number of ether oxygens (including phenoxy) is 7. The SMILES string of the molecule is CC.CCCCN(CCOCCOCCOC)c1cc(COc2cc3c(cc2OC)C(=O)N2c4ccccc4C[C@H]2C=N3)cc(COc2cc3c(cc2OC)C(=O)N2c4ccccc4CC2CN3C)c1.NC=O. The second kappa shape index (κ2) is 26.0. The Morgan fingerprint density at radius 1 is 0.685 bits per heavy atom. The molecule has 2 atom stereocenters. The summed E-state index contributed by atoms with van der Waals surface area (Å²) >= 11 is 0. The Labute approximate surface area is 429 Å². The van der Waals surface area contributed by atoms with E-state index in [0.717, 1.165) is 65.2 Å². The molecule has 3 amide bonds. The van der Waals surface area contributed by atoms with Crippen molar-refractivity contribution in [3.05, 3.63) is 124 Å². The van der Waals surface area contributed by atoms with Gasteiger partial charge in [0.05, 0.1) is 81.8 Å². The van der Waals surface area contributed by atoms with E-state index in [1.54, 1.807) is 33.5 Å². The van der Waals surface area contributed by atoms with E-state index in [4.69, 9.17) is 42.9 Å². The molecule has 4 aliphatic heterocycles. The maximum absolute atomic E-state index is 14.3. The van der Waals surface area contributed by atoms with Crippen molar-refractivity contribution in [1.29, 1.82) is 0 Å². The summed E-state index contributed by atoms with van der Waals surface area (Å²) in [4.78, 5) is 50.0. The average molecular weight is 999 g/mol. The van der Waals surface area contributed by atoms with E-state index < -0.39 is 0 Å². The number of primary amides is 1. The van der Waals surface area contributed by atoms with Gasteiger partial charge in [-0.05, 0) is 77.6 Å². The molecule has 5 aromatic carbocycles. The zero-order valence-electron chi connectivity index (χ0n) is 43.3. The minimum absolute atomic E-state index is 0.0168. The molecule has 0 spiro atoms. The molecule has 16 nitrogen and oxygen atoms in total. The molecule has 0 bridgehead atoms. The molecular weight excluding hydrogens is 929 g/mol. The predicted octanol–water partition coefficient (Wildman–Crippen LogP) is 8.58. The lowest BCUT2D eigenvalue weighted by Crippen LogP contribution is -2.41. The molecule has 0 radical (unpaired) electrons. The van der Waals surface area contributed by atoms with E-state index in [0.29, 0.717) is 92.4 Å². The number of hydrogen-bond acceptors (Lipinski definition) is 13. The standard InChI is InChI=1S/C54H61N5O9.C2H6.CH3NO/c1-6-7-16-57(17-18-65-21-22-66-20-19-62-3)40-24-36(34-67-51-30-45-43(28-49(51)63-4)53(60)58-41(32-55-45)26-38-12-8-10-14-46(38)58)23-37(25-40)35-68-52-31-48-44(29-50(52)64-5)54(61)59-42(33-56(48)2)27-39-13-9-11-15-47(39)59;1-2;2-1-3/h8-15,23-25,28-32,41-42H,6-7,16-22,26-27,33-35H2,1-5H3;1-2H3;1H,(H2,2,3)/t41-,42?;;/m0../s1. The van der Waals surface area contributed by atoms with Gasteiger partial charge >= 0.3 is 0 Å². The number of benzene rings is 5. The number of amides is 3. The maximum Gasteiger partial charge on any atom is 0.261 e. The highest BCUT2D eigenvalue weighted by Crippen LogP contribution is 2.44. The number of carbonyl (C=O) groups excluding carboxylic acids is 3. The van der Waals surface area contributed by atoms with Gasteiger partial charge in [-0.3, -0.25) is 24.3 Å². The number of nitrogens with two attached hydrogens (primary N) is 1. The monoisotopic (exact) mass is 999 g/mol. The van der Waals surface area contributed by atoms with Gasteiger partial charge in [-0.2, -0.15) is 0 Å². The van der Waals surface area contributed by atoms with Crippen molar-refractivity contribution in [2.24, 2.45) is 10.7 Å². The summed E-state index contributed by atoms with van der Waals surface area (Å²) in [6.07, 6.45) is 5.63. The number of aliphatic imine (C=N–C) groups is 1. The van der Waals surface area contributed by atoms with Crippen LogP contribution in [0.25, 0.3) is 0 Å². The fourth-order valence-electron chi connectivity index (χ4n) is 9.70. The fraction of sp³-hybridized carbons (Fsp3) is 0.404. The number of rotatable bonds is 21. The van der Waals surface area contributed by atoms with Gasteiger partial charge < -0.3 is 53.6 Å².